The van der Waals surface area contributed by atoms with Crippen LogP contribution in [0.2, 0.25) is 0 Å². The smallest absolute Gasteiger partial charge is 0.133 e. The van der Waals surface area contributed by atoms with Crippen LogP contribution in [-0.4, -0.2) is 23.9 Å². The number of phenolic OH excluding ortho intramolecular Hbond substituents is 1. The minimum Gasteiger partial charge on any atom is -0.508 e. The molecular formula is C18H25BrO3. The summed E-state index contributed by atoms with van der Waals surface area (Å²) in [5.41, 5.74) is 2.09. The molecule has 2 atom stereocenters. The number of benzene rings is 1. The summed E-state index contributed by atoms with van der Waals surface area (Å²) in [6, 6.07) is 3.57. The van der Waals surface area contributed by atoms with Crippen LogP contribution in [-0.2, 0) is 6.42 Å². The number of hydrogen-bond acceptors (Lipinski definition) is 3. The van der Waals surface area contributed by atoms with Gasteiger partial charge in [-0.25, -0.2) is 0 Å². The van der Waals surface area contributed by atoms with Crippen LogP contribution in [0.25, 0.3) is 0 Å². The minimum atomic E-state index is 0.0511. The van der Waals surface area contributed by atoms with Crippen LogP contribution in [0.1, 0.15) is 32.3 Å². The summed E-state index contributed by atoms with van der Waals surface area (Å²) < 4.78 is 6.08. The Labute approximate surface area is 141 Å². The lowest BCUT2D eigenvalue weighted by Crippen LogP contribution is -2.36. The quantitative estimate of drug-likeness (QED) is 0.778. The number of allylic oxidation sites excluding steroid dienone is 1. The van der Waals surface area contributed by atoms with E-state index in [1.807, 2.05) is 6.07 Å². The molecule has 1 aliphatic rings. The Balaban J connectivity index is 2.28. The largest absolute Gasteiger partial charge is 0.508 e. The molecule has 0 radical (unpaired) electrons. The van der Waals surface area contributed by atoms with Gasteiger partial charge in [-0.2, -0.15) is 0 Å². The molecule has 4 heteroatoms. The van der Waals surface area contributed by atoms with E-state index < -0.39 is 0 Å². The van der Waals surface area contributed by atoms with Crippen LogP contribution in [0, 0.1) is 17.3 Å². The van der Waals surface area contributed by atoms with Gasteiger partial charge in [0.15, 0.2) is 0 Å². The number of methoxy groups -OCH3 is 1. The van der Waals surface area contributed by atoms with Crippen molar-refractivity contribution < 1.29 is 14.9 Å². The highest BCUT2D eigenvalue weighted by Gasteiger charge is 2.39. The van der Waals surface area contributed by atoms with Gasteiger partial charge in [-0.05, 0) is 70.1 Å². The zero-order valence-electron chi connectivity index (χ0n) is 13.5. The molecule has 1 fully saturated rings. The first-order valence-corrected chi connectivity index (χ1v) is 8.41. The maximum absolute atomic E-state index is 10.2. The van der Waals surface area contributed by atoms with Crippen LogP contribution in [0.15, 0.2) is 28.8 Å². The third kappa shape index (κ3) is 3.49. The van der Waals surface area contributed by atoms with Crippen molar-refractivity contribution in [3.8, 4) is 11.5 Å². The second kappa shape index (κ2) is 6.63. The summed E-state index contributed by atoms with van der Waals surface area (Å²) in [5, 5.41) is 19.7. The number of aromatic hydroxyl groups is 1. The molecule has 0 aromatic heterocycles. The van der Waals surface area contributed by atoms with Crippen LogP contribution < -0.4 is 4.74 Å². The van der Waals surface area contributed by atoms with Gasteiger partial charge in [0, 0.05) is 6.61 Å². The van der Waals surface area contributed by atoms with Crippen molar-refractivity contribution >= 4 is 15.9 Å². The Morgan fingerprint density at radius 2 is 2.09 bits per heavy atom. The maximum Gasteiger partial charge on any atom is 0.133 e. The standard InChI is InChI=1S/C18H25BrO3/c1-11-5-12(10-20)9-18(2,3)14(11)6-13-7-17(22-4)15(19)8-16(13)21/h7-8,12,14,20-21H,1,5-6,9-10H2,2-4H3/t12-,14+/m1/s1. The summed E-state index contributed by atoms with van der Waals surface area (Å²) >= 11 is 3.39. The van der Waals surface area contributed by atoms with E-state index in [9.17, 15) is 10.2 Å². The molecule has 1 aliphatic carbocycles. The van der Waals surface area contributed by atoms with E-state index in [1.165, 1.54) is 0 Å². The molecule has 1 aromatic rings. The molecule has 22 heavy (non-hydrogen) atoms. The van der Waals surface area contributed by atoms with E-state index in [1.54, 1.807) is 13.2 Å². The Morgan fingerprint density at radius 3 is 2.64 bits per heavy atom. The van der Waals surface area contributed by atoms with E-state index in [-0.39, 0.29) is 23.7 Å². The highest BCUT2D eigenvalue weighted by Crippen LogP contribution is 2.48. The lowest BCUT2D eigenvalue weighted by atomic mass is 9.61. The third-order valence-corrected chi connectivity index (χ3v) is 5.46. The molecule has 2 rings (SSSR count). The number of phenols is 1. The Kier molecular flexibility index (Phi) is 5.23. The van der Waals surface area contributed by atoms with Crippen LogP contribution in [0.4, 0.5) is 0 Å². The third-order valence-electron chi connectivity index (χ3n) is 4.84. The number of aliphatic hydroxyl groups is 1. The fraction of sp³-hybridized carbons (Fsp3) is 0.556. The van der Waals surface area contributed by atoms with Crippen molar-refractivity contribution in [2.24, 2.45) is 17.3 Å². The van der Waals surface area contributed by atoms with Gasteiger partial charge in [0.1, 0.15) is 11.5 Å². The number of halogens is 1. The molecule has 122 valence electrons. The van der Waals surface area contributed by atoms with Gasteiger partial charge >= 0.3 is 0 Å². The SMILES string of the molecule is C=C1C[C@@H](CO)CC(C)(C)[C@H]1Cc1cc(OC)c(Br)cc1O. The molecule has 0 spiro atoms. The Bertz CT molecular complexity index is 566. The molecular weight excluding hydrogens is 344 g/mol. The lowest BCUT2D eigenvalue weighted by molar-refractivity contribution is 0.101. The molecule has 1 aromatic carbocycles. The second-order valence-electron chi connectivity index (χ2n) is 6.98. The zero-order chi connectivity index (χ0) is 16.5. The fourth-order valence-electron chi connectivity index (χ4n) is 3.70. The molecule has 2 N–H and O–H groups in total. The average Bonchev–Trinajstić information content (AvgIpc) is 2.44. The van der Waals surface area contributed by atoms with Crippen molar-refractivity contribution in [2.75, 3.05) is 13.7 Å². The van der Waals surface area contributed by atoms with Crippen LogP contribution in [0.5, 0.6) is 11.5 Å². The first-order valence-electron chi connectivity index (χ1n) is 7.62. The van der Waals surface area contributed by atoms with E-state index in [4.69, 9.17) is 4.74 Å². The molecule has 0 aliphatic heterocycles. The van der Waals surface area contributed by atoms with E-state index >= 15 is 0 Å². The van der Waals surface area contributed by atoms with E-state index in [2.05, 4.69) is 36.4 Å². The van der Waals surface area contributed by atoms with Crippen LogP contribution >= 0.6 is 15.9 Å². The summed E-state index contributed by atoms with van der Waals surface area (Å²) in [5.74, 6) is 1.58. The second-order valence-corrected chi connectivity index (χ2v) is 7.83. The maximum atomic E-state index is 10.2. The minimum absolute atomic E-state index is 0.0511. The van der Waals surface area contributed by atoms with E-state index in [0.29, 0.717) is 5.92 Å². The summed E-state index contributed by atoms with van der Waals surface area (Å²) in [6.07, 6.45) is 2.57. The van der Waals surface area contributed by atoms with E-state index in [0.717, 1.165) is 40.6 Å². The Hall–Kier alpha value is -1.00. The van der Waals surface area contributed by atoms with Crippen LogP contribution in [0.3, 0.4) is 0 Å². The van der Waals surface area contributed by atoms with Gasteiger partial charge < -0.3 is 14.9 Å². The van der Waals surface area contributed by atoms with Gasteiger partial charge in [0.05, 0.1) is 11.6 Å². The normalized spacial score (nSPS) is 24.3. The summed E-state index contributed by atoms with van der Waals surface area (Å²) in [7, 11) is 1.62. The van der Waals surface area contributed by atoms with Gasteiger partial charge in [0.2, 0.25) is 0 Å². The van der Waals surface area contributed by atoms with Gasteiger partial charge in [-0.15, -0.1) is 0 Å². The fourth-order valence-corrected chi connectivity index (χ4v) is 4.19. The average molecular weight is 369 g/mol. The zero-order valence-corrected chi connectivity index (χ0v) is 15.1. The predicted molar refractivity (Wildman–Crippen MR) is 92.3 cm³/mol. The Morgan fingerprint density at radius 1 is 1.41 bits per heavy atom. The van der Waals surface area contributed by atoms with Crippen molar-refractivity contribution in [3.63, 3.8) is 0 Å². The number of hydrogen-bond donors (Lipinski definition) is 2. The lowest BCUT2D eigenvalue weighted by Gasteiger charge is -2.44. The van der Waals surface area contributed by atoms with Crippen molar-refractivity contribution in [1.29, 1.82) is 0 Å². The first kappa shape index (κ1) is 17.4. The van der Waals surface area contributed by atoms with Gasteiger partial charge in [0.25, 0.3) is 0 Å². The highest BCUT2D eigenvalue weighted by molar-refractivity contribution is 9.10. The molecule has 0 heterocycles. The van der Waals surface area contributed by atoms with Crippen molar-refractivity contribution in [3.05, 3.63) is 34.3 Å². The molecule has 0 unspecified atom stereocenters. The molecule has 1 saturated carbocycles. The molecule has 0 amide bonds. The summed E-state index contributed by atoms with van der Waals surface area (Å²) in [6.45, 7) is 8.90. The monoisotopic (exact) mass is 368 g/mol. The van der Waals surface area contributed by atoms with Gasteiger partial charge in [-0.1, -0.05) is 26.0 Å². The van der Waals surface area contributed by atoms with Crippen molar-refractivity contribution in [2.45, 2.75) is 33.1 Å². The number of rotatable bonds is 4. The van der Waals surface area contributed by atoms with Crippen molar-refractivity contribution in [1.82, 2.24) is 0 Å². The first-order chi connectivity index (χ1) is 10.3. The number of aliphatic hydroxyl groups excluding tert-OH is 1. The molecule has 3 nitrogen and oxygen atoms in total. The summed E-state index contributed by atoms with van der Waals surface area (Å²) in [4.78, 5) is 0. The number of ether oxygens (including phenoxy) is 1. The molecule has 0 saturated heterocycles. The topological polar surface area (TPSA) is 49.7 Å². The predicted octanol–water partition coefficient (Wildman–Crippen LogP) is 4.31. The van der Waals surface area contributed by atoms with Gasteiger partial charge in [-0.3, -0.25) is 0 Å². The molecule has 0 bridgehead atoms. The highest BCUT2D eigenvalue weighted by atomic mass is 79.9.